The van der Waals surface area contributed by atoms with Crippen molar-refractivity contribution in [3.63, 3.8) is 0 Å². The molecule has 0 aromatic heterocycles. The molecule has 0 atom stereocenters. The van der Waals surface area contributed by atoms with Crippen LogP contribution in [-0.4, -0.2) is 78.0 Å². The minimum atomic E-state index is -3.33. The summed E-state index contributed by atoms with van der Waals surface area (Å²) in [5, 5.41) is 0. The Morgan fingerprint density at radius 2 is 0.571 bits per heavy atom. The summed E-state index contributed by atoms with van der Waals surface area (Å²) in [5.41, 5.74) is 0. The van der Waals surface area contributed by atoms with Crippen molar-refractivity contribution in [3.05, 3.63) is 0 Å². The molecule has 0 fully saturated rings. The van der Waals surface area contributed by atoms with Crippen molar-refractivity contribution in [2.45, 2.75) is 0 Å². The van der Waals surface area contributed by atoms with E-state index >= 15 is 0 Å². The van der Waals surface area contributed by atoms with Gasteiger partial charge in [-0.15, -0.1) is 31.7 Å². The second kappa shape index (κ2) is 18.4. The van der Waals surface area contributed by atoms with Crippen LogP contribution in [0.1, 0.15) is 0 Å². The zero-order valence-corrected chi connectivity index (χ0v) is 24.4. The third-order valence-corrected chi connectivity index (χ3v) is 7.17. The molecule has 0 spiro atoms. The number of hydrogen-bond donors (Lipinski definition) is 0. The molecular weight excluding hydrogens is 591 g/mol. The zero-order chi connectivity index (χ0) is 17.6. The maximum atomic E-state index is 5.04. The molecule has 0 aliphatic heterocycles. The monoisotopic (exact) mass is 621 g/mol. The van der Waals surface area contributed by atoms with Crippen LogP contribution in [0.2, 0.25) is 0 Å². The van der Waals surface area contributed by atoms with Crippen LogP contribution in [0.25, 0.3) is 0 Å². The van der Waals surface area contributed by atoms with Gasteiger partial charge in [0, 0.05) is 0 Å². The normalized spacial score (nSPS) is 11.4. The van der Waals surface area contributed by atoms with Gasteiger partial charge in [0.2, 0.25) is 0 Å². The molecule has 0 nitrogen and oxygen atoms in total. The molecule has 0 unspecified atom stereocenters. The number of hydrogen-bond acceptors (Lipinski definition) is 0. The second-order valence-corrected chi connectivity index (χ2v) is 43.9. The molecule has 0 bridgehead atoms. The summed E-state index contributed by atoms with van der Waals surface area (Å²) in [6, 6.07) is 0. The van der Waals surface area contributed by atoms with Crippen LogP contribution in [-0.2, 0) is 12.8 Å². The zero-order valence-electron chi connectivity index (χ0n) is 14.6. The molecule has 0 saturated heterocycles. The van der Waals surface area contributed by atoms with Crippen molar-refractivity contribution >= 4 is 68.4 Å². The summed E-state index contributed by atoms with van der Waals surface area (Å²) in [6.07, 6.45) is 5.92. The van der Waals surface area contributed by atoms with Gasteiger partial charge in [-0.1, -0.05) is 0 Å². The van der Waals surface area contributed by atoms with Crippen molar-refractivity contribution < 1.29 is 12.8 Å². The molecule has 133 valence electrons. The van der Waals surface area contributed by atoms with Crippen LogP contribution in [0.4, 0.5) is 0 Å². The van der Waals surface area contributed by atoms with Crippen LogP contribution in [0.3, 0.4) is 0 Å². The Kier molecular flexibility index (Phi) is 25.8. The van der Waals surface area contributed by atoms with Crippen LogP contribution in [0, 0.1) is 0 Å². The molecule has 0 aromatic rings. The van der Waals surface area contributed by atoms with E-state index in [4.69, 9.17) is 36.8 Å². The van der Waals surface area contributed by atoms with Crippen molar-refractivity contribution in [2.24, 2.45) is 0 Å². The Bertz CT molecular complexity index is 174. The molecular formula is C12H32Cl4P4Ta. The van der Waals surface area contributed by atoms with Crippen molar-refractivity contribution in [2.75, 3.05) is 78.0 Å². The van der Waals surface area contributed by atoms with Crippen molar-refractivity contribution in [1.29, 1.82) is 0 Å². The molecule has 9 heteroatoms. The number of rotatable bonds is 6. The Morgan fingerprint density at radius 3 is 0.619 bits per heavy atom. The van der Waals surface area contributed by atoms with Gasteiger partial charge < -0.3 is 0 Å². The maximum absolute atomic E-state index is 5.04. The van der Waals surface area contributed by atoms with E-state index < -0.39 is 12.8 Å². The first-order valence-electron chi connectivity index (χ1n) is 6.52. The van der Waals surface area contributed by atoms with Gasteiger partial charge in [-0.05, 0) is 78.0 Å². The minimum absolute atomic E-state index is 0.383. The summed E-state index contributed by atoms with van der Waals surface area (Å²) in [6.45, 7) is 18.8. The van der Waals surface area contributed by atoms with Crippen molar-refractivity contribution in [3.8, 4) is 0 Å². The van der Waals surface area contributed by atoms with Gasteiger partial charge in [-0.25, -0.2) is 0 Å². The molecule has 0 rings (SSSR count). The quantitative estimate of drug-likeness (QED) is 0.267. The van der Waals surface area contributed by atoms with Gasteiger partial charge in [0.1, 0.15) is 0 Å². The predicted molar refractivity (Wildman–Crippen MR) is 118 cm³/mol. The van der Waals surface area contributed by atoms with E-state index in [9.17, 15) is 0 Å². The Morgan fingerprint density at radius 1 is 0.476 bits per heavy atom. The Labute approximate surface area is 158 Å². The van der Waals surface area contributed by atoms with Crippen LogP contribution >= 0.6 is 68.4 Å². The van der Waals surface area contributed by atoms with Crippen LogP contribution in [0.15, 0.2) is 0 Å². The third-order valence-electron chi connectivity index (χ3n) is 1.99. The summed E-state index contributed by atoms with van der Waals surface area (Å²) in [7, 11) is 21.7. The van der Waals surface area contributed by atoms with E-state index in [1.165, 1.54) is 24.6 Å². The molecule has 0 amide bonds. The molecule has 0 aromatic carbocycles. The van der Waals surface area contributed by atoms with E-state index in [1.54, 1.807) is 0 Å². The molecule has 21 heavy (non-hydrogen) atoms. The van der Waals surface area contributed by atoms with Crippen molar-refractivity contribution in [1.82, 2.24) is 0 Å². The van der Waals surface area contributed by atoms with Crippen LogP contribution in [0.5, 0.6) is 0 Å². The fourth-order valence-corrected chi connectivity index (χ4v) is 7.20. The first kappa shape index (κ1) is 29.4. The molecule has 0 aliphatic rings. The topological polar surface area (TPSA) is 0 Å². The molecule has 0 heterocycles. The van der Waals surface area contributed by atoms with Gasteiger partial charge in [0.15, 0.2) is 0 Å². The van der Waals surface area contributed by atoms with Gasteiger partial charge in [-0.3, -0.25) is 0 Å². The standard InChI is InChI=1S/2C6H16P2.4ClH.Ta/c2*1-7(2)5-6-8(3)4;;;;;/h2*5-6H2,1-4H3;4*1H;/q;;;;;;+4/p-4. The second-order valence-electron chi connectivity index (χ2n) is 5.60. The molecule has 0 aliphatic carbocycles. The number of halogens is 4. The summed E-state index contributed by atoms with van der Waals surface area (Å²) in [5.74, 6) is 0. The fraction of sp³-hybridized carbons (Fsp3) is 1.00. The van der Waals surface area contributed by atoms with Gasteiger partial charge in [0.25, 0.3) is 0 Å². The van der Waals surface area contributed by atoms with E-state index in [2.05, 4.69) is 53.3 Å². The Hall–Kier alpha value is 3.62. The Balaban J connectivity index is -0.000000239. The molecule has 0 N–H and O–H groups in total. The average molecular weight is 623 g/mol. The van der Waals surface area contributed by atoms with E-state index in [1.807, 2.05) is 0 Å². The van der Waals surface area contributed by atoms with Gasteiger partial charge in [0.05, 0.1) is 0 Å². The summed E-state index contributed by atoms with van der Waals surface area (Å²) < 4.78 is 0. The fourth-order valence-electron chi connectivity index (χ4n) is 0.800. The molecule has 0 saturated carbocycles. The molecule has 0 radical (unpaired) electrons. The third kappa shape index (κ3) is 59.5. The summed E-state index contributed by atoms with van der Waals surface area (Å²) >= 11 is -3.33. The van der Waals surface area contributed by atoms with Gasteiger partial charge in [-0.2, -0.15) is 0 Å². The SMILES string of the molecule is CP(C)CCP(C)C.CP(C)CCP(C)C.[Cl][Ta]([Cl])([Cl])[Cl]. The average Bonchev–Trinajstić information content (AvgIpc) is 2.22. The predicted octanol–water partition coefficient (Wildman–Crippen LogP) is 7.69. The van der Waals surface area contributed by atoms with E-state index in [0.29, 0.717) is 31.7 Å². The van der Waals surface area contributed by atoms with E-state index in [-0.39, 0.29) is 0 Å². The van der Waals surface area contributed by atoms with Crippen LogP contribution < -0.4 is 0 Å². The first-order valence-corrected chi connectivity index (χ1v) is 32.1. The van der Waals surface area contributed by atoms with Gasteiger partial charge >= 0.3 is 49.6 Å². The van der Waals surface area contributed by atoms with E-state index in [0.717, 1.165) is 0 Å². The summed E-state index contributed by atoms with van der Waals surface area (Å²) in [4.78, 5) is 0. The first-order chi connectivity index (χ1) is 9.25.